The maximum Gasteiger partial charge on any atom is 0.331 e. The Morgan fingerprint density at radius 1 is 1.17 bits per heavy atom. The van der Waals surface area contributed by atoms with Gasteiger partial charge >= 0.3 is 10.6 Å². The first-order valence-electron chi connectivity index (χ1n) is 11.1. The summed E-state index contributed by atoms with van der Waals surface area (Å²) in [7, 11) is 1.39. The molecule has 0 radical (unpaired) electrons. The van der Waals surface area contributed by atoms with E-state index in [0.29, 0.717) is 16.3 Å². The van der Waals surface area contributed by atoms with Gasteiger partial charge in [0.05, 0.1) is 34.3 Å². The van der Waals surface area contributed by atoms with Crippen molar-refractivity contribution in [3.8, 4) is 0 Å². The quantitative estimate of drug-likeness (QED) is 0.431. The lowest BCUT2D eigenvalue weighted by Gasteiger charge is -2.15. The molecule has 1 N–H and O–H groups in total. The number of amides is 1. The molecule has 4 heterocycles. The van der Waals surface area contributed by atoms with Gasteiger partial charge in [-0.1, -0.05) is 37.3 Å². The van der Waals surface area contributed by atoms with E-state index in [9.17, 15) is 24.3 Å². The minimum absolute atomic E-state index is 0.0339. The maximum atomic E-state index is 13.6. The molecule has 35 heavy (non-hydrogen) atoms. The average Bonchev–Trinajstić information content (AvgIpc) is 3.50. The first-order valence-corrected chi connectivity index (χ1v) is 12.8. The number of benzene rings is 1. The van der Waals surface area contributed by atoms with Crippen molar-refractivity contribution in [2.75, 3.05) is 13.2 Å². The van der Waals surface area contributed by atoms with E-state index >= 15 is 0 Å². The summed E-state index contributed by atoms with van der Waals surface area (Å²) in [5.74, 6) is -0.471. The van der Waals surface area contributed by atoms with Crippen molar-refractivity contribution in [2.24, 2.45) is 13.0 Å². The molecule has 1 atom stereocenters. The molecular weight excluding hydrogens is 492 g/mol. The molecule has 1 aliphatic heterocycles. The van der Waals surface area contributed by atoms with E-state index in [4.69, 9.17) is 4.84 Å². The fourth-order valence-corrected chi connectivity index (χ4v) is 6.45. The lowest BCUT2D eigenvalue weighted by Crippen LogP contribution is -2.39. The number of aromatic nitrogens is 3. The highest BCUT2D eigenvalue weighted by Crippen LogP contribution is 2.32. The van der Waals surface area contributed by atoms with Crippen LogP contribution in [0.4, 0.5) is 0 Å². The largest absolute Gasteiger partial charge is 0.389 e. The van der Waals surface area contributed by atoms with Gasteiger partial charge in [0.1, 0.15) is 17.5 Å². The van der Waals surface area contributed by atoms with Crippen molar-refractivity contribution >= 4 is 49.0 Å². The fourth-order valence-electron chi connectivity index (χ4n) is 4.29. The lowest BCUT2D eigenvalue weighted by molar-refractivity contribution is -0.0778. The Kier molecular flexibility index (Phi) is 5.99. The van der Waals surface area contributed by atoms with Crippen LogP contribution in [0, 0.1) is 5.92 Å². The van der Waals surface area contributed by atoms with Crippen molar-refractivity contribution in [1.82, 2.24) is 18.8 Å². The van der Waals surface area contributed by atoms with Gasteiger partial charge in [0.2, 0.25) is 0 Å². The number of aliphatic hydroxyl groups is 1. The number of thiophene rings is 1. The third-order valence-electron chi connectivity index (χ3n) is 5.91. The monoisotopic (exact) mass is 516 g/mol. The van der Waals surface area contributed by atoms with Crippen molar-refractivity contribution in [3.05, 3.63) is 65.2 Å². The van der Waals surface area contributed by atoms with E-state index in [1.807, 2.05) is 38.1 Å². The van der Waals surface area contributed by atoms with Gasteiger partial charge in [0, 0.05) is 18.5 Å². The second-order valence-electron chi connectivity index (χ2n) is 8.97. The van der Waals surface area contributed by atoms with E-state index in [1.165, 1.54) is 11.6 Å². The zero-order chi connectivity index (χ0) is 25.0. The molecule has 1 aliphatic rings. The summed E-state index contributed by atoms with van der Waals surface area (Å²) in [6, 6.07) is 7.36. The van der Waals surface area contributed by atoms with Gasteiger partial charge in [0.15, 0.2) is 0 Å². The zero-order valence-electron chi connectivity index (χ0n) is 19.4. The number of rotatable bonds is 5. The predicted octanol–water partition coefficient (Wildman–Crippen LogP) is 1.59. The number of aliphatic hydroxyl groups excluding tert-OH is 1. The van der Waals surface area contributed by atoms with Crippen molar-refractivity contribution < 1.29 is 14.7 Å². The molecule has 0 spiro atoms. The van der Waals surface area contributed by atoms with Crippen molar-refractivity contribution in [2.45, 2.75) is 33.0 Å². The third-order valence-corrected chi connectivity index (χ3v) is 8.06. The van der Waals surface area contributed by atoms with Crippen LogP contribution >= 0.6 is 22.7 Å². The van der Waals surface area contributed by atoms with Gasteiger partial charge < -0.3 is 5.11 Å². The summed E-state index contributed by atoms with van der Waals surface area (Å²) in [4.78, 5) is 58.8. The van der Waals surface area contributed by atoms with E-state index in [0.717, 1.165) is 42.5 Å². The van der Waals surface area contributed by atoms with Crippen molar-refractivity contribution in [1.29, 1.82) is 0 Å². The highest BCUT2D eigenvalue weighted by atomic mass is 32.1. The average molecular weight is 517 g/mol. The summed E-state index contributed by atoms with van der Waals surface area (Å²) >= 11 is 2.26. The number of thiazole rings is 1. The molecule has 12 heteroatoms. The van der Waals surface area contributed by atoms with Crippen LogP contribution in [0.5, 0.6) is 0 Å². The van der Waals surface area contributed by atoms with E-state index in [-0.39, 0.29) is 41.4 Å². The topological polar surface area (TPSA) is 116 Å². The molecule has 0 saturated carbocycles. The van der Waals surface area contributed by atoms with Crippen LogP contribution in [-0.4, -0.2) is 49.0 Å². The molecule has 10 nitrogen and oxygen atoms in total. The van der Waals surface area contributed by atoms with Crippen LogP contribution in [0.2, 0.25) is 0 Å². The SMILES string of the molecule is CC(C)Cn1c(=O)n(C)c(=O)c2c(C(=O)N3C[C@H](O)CO3)c(Cn3c(=O)sc4ccccc43)sc21. The molecule has 1 amide bonds. The van der Waals surface area contributed by atoms with E-state index in [2.05, 4.69) is 0 Å². The van der Waals surface area contributed by atoms with Crippen LogP contribution < -0.4 is 16.1 Å². The maximum absolute atomic E-state index is 13.6. The Balaban J connectivity index is 1.79. The number of fused-ring (bicyclic) bond motifs is 2. The Hall–Kier alpha value is -3.06. The summed E-state index contributed by atoms with van der Waals surface area (Å²) in [5.41, 5.74) is -0.231. The summed E-state index contributed by atoms with van der Waals surface area (Å²) in [6.45, 7) is 4.26. The number of hydrogen-bond donors (Lipinski definition) is 1. The van der Waals surface area contributed by atoms with Crippen LogP contribution in [0.1, 0.15) is 29.1 Å². The molecule has 0 aliphatic carbocycles. The van der Waals surface area contributed by atoms with Gasteiger partial charge in [-0.25, -0.2) is 9.86 Å². The highest BCUT2D eigenvalue weighted by molar-refractivity contribution is 7.19. The number of hydrogen-bond acceptors (Lipinski definition) is 8. The number of carbonyl (C=O) groups excluding carboxylic acids is 1. The molecule has 1 aromatic carbocycles. The van der Waals surface area contributed by atoms with Crippen LogP contribution in [-0.2, 0) is 25.0 Å². The van der Waals surface area contributed by atoms with Crippen LogP contribution in [0.15, 0.2) is 38.6 Å². The predicted molar refractivity (Wildman–Crippen MR) is 134 cm³/mol. The minimum Gasteiger partial charge on any atom is -0.389 e. The molecular formula is C23H24N4O6S2. The molecule has 184 valence electrons. The Bertz CT molecular complexity index is 1640. The van der Waals surface area contributed by atoms with Crippen molar-refractivity contribution in [3.63, 3.8) is 0 Å². The molecule has 5 rings (SSSR count). The Labute approximate surface area is 206 Å². The molecule has 4 aromatic rings. The normalized spacial score (nSPS) is 16.3. The summed E-state index contributed by atoms with van der Waals surface area (Å²) in [5, 5.41) is 11.1. The number of carbonyl (C=O) groups is 1. The Morgan fingerprint density at radius 2 is 1.91 bits per heavy atom. The first-order chi connectivity index (χ1) is 16.7. The number of para-hydroxylation sites is 1. The van der Waals surface area contributed by atoms with Gasteiger partial charge in [-0.15, -0.1) is 11.3 Å². The second-order valence-corrected chi connectivity index (χ2v) is 11.0. The minimum atomic E-state index is -0.835. The molecule has 0 unspecified atom stereocenters. The Morgan fingerprint density at radius 3 is 2.60 bits per heavy atom. The van der Waals surface area contributed by atoms with Crippen LogP contribution in [0.25, 0.3) is 20.4 Å². The molecule has 0 bridgehead atoms. The van der Waals surface area contributed by atoms with Crippen LogP contribution in [0.3, 0.4) is 0 Å². The van der Waals surface area contributed by atoms with Gasteiger partial charge in [0.25, 0.3) is 11.5 Å². The highest BCUT2D eigenvalue weighted by Gasteiger charge is 2.33. The zero-order valence-corrected chi connectivity index (χ0v) is 21.0. The first kappa shape index (κ1) is 23.7. The number of β-amino-alcohol motifs (C(OH)–C–C–N with tert-alkyl or cyclic N) is 1. The fraction of sp³-hybridized carbons (Fsp3) is 0.391. The second kappa shape index (κ2) is 8.86. The molecule has 3 aromatic heterocycles. The summed E-state index contributed by atoms with van der Waals surface area (Å²) in [6.07, 6.45) is -0.835. The standard InChI is InChI=1S/C23H24N4O6S2/c1-12(2)8-26-21-18(19(29)24(3)22(26)31)17(20(30)27-9-13(28)11-33-27)16(34-21)10-25-14-6-4-5-7-15(14)35-23(25)32/h4-7,12-13,28H,8-11H2,1-3H3/t13-/m0/s1. The molecule has 1 fully saturated rings. The number of nitrogens with zero attached hydrogens (tertiary/aromatic N) is 4. The van der Waals surface area contributed by atoms with Gasteiger partial charge in [-0.05, 0) is 18.1 Å². The lowest BCUT2D eigenvalue weighted by atomic mass is 10.1. The number of hydroxylamine groups is 2. The van der Waals surface area contributed by atoms with E-state index < -0.39 is 23.3 Å². The smallest absolute Gasteiger partial charge is 0.331 e. The van der Waals surface area contributed by atoms with E-state index in [1.54, 1.807) is 4.57 Å². The summed E-state index contributed by atoms with van der Waals surface area (Å²) < 4.78 is 4.89. The van der Waals surface area contributed by atoms with Gasteiger partial charge in [-0.3, -0.25) is 32.9 Å². The third kappa shape index (κ3) is 3.96. The molecule has 1 saturated heterocycles. The van der Waals surface area contributed by atoms with Gasteiger partial charge in [-0.2, -0.15) is 0 Å².